The van der Waals surface area contributed by atoms with Gasteiger partial charge in [0.15, 0.2) is 17.5 Å². The van der Waals surface area contributed by atoms with Crippen LogP contribution in [0.2, 0.25) is 0 Å². The first-order valence-electron chi connectivity index (χ1n) is 18.0. The molecule has 5 heteroatoms. The van der Waals surface area contributed by atoms with E-state index in [2.05, 4.69) is 128 Å². The van der Waals surface area contributed by atoms with Crippen LogP contribution >= 0.6 is 0 Å². The van der Waals surface area contributed by atoms with Crippen LogP contribution in [-0.2, 0) is 0 Å². The van der Waals surface area contributed by atoms with Crippen molar-refractivity contribution in [1.29, 1.82) is 0 Å². The molecule has 0 saturated carbocycles. The van der Waals surface area contributed by atoms with Crippen molar-refractivity contribution in [3.05, 3.63) is 175 Å². The van der Waals surface area contributed by atoms with Gasteiger partial charge < -0.3 is 9.15 Å². The first-order valence-corrected chi connectivity index (χ1v) is 18.0. The summed E-state index contributed by atoms with van der Waals surface area (Å²) >= 11 is 0. The lowest BCUT2D eigenvalue weighted by Crippen LogP contribution is -2.32. The van der Waals surface area contributed by atoms with E-state index in [1.165, 1.54) is 21.5 Å². The first-order chi connectivity index (χ1) is 26.1. The minimum Gasteiger partial charge on any atom is -0.482 e. The summed E-state index contributed by atoms with van der Waals surface area (Å²) in [7, 11) is 0. The number of benzene rings is 7. The van der Waals surface area contributed by atoms with Gasteiger partial charge in [0, 0.05) is 39.0 Å². The van der Waals surface area contributed by atoms with E-state index in [4.69, 9.17) is 24.1 Å². The number of nitrogens with zero attached hydrogens (tertiary/aromatic N) is 3. The summed E-state index contributed by atoms with van der Waals surface area (Å²) in [6.45, 7) is 2.14. The Kier molecular flexibility index (Phi) is 6.38. The molecule has 0 spiro atoms. The van der Waals surface area contributed by atoms with Crippen LogP contribution in [-0.4, -0.2) is 20.6 Å². The Morgan fingerprint density at radius 1 is 0.566 bits per heavy atom. The van der Waals surface area contributed by atoms with E-state index in [1.807, 2.05) is 42.5 Å². The van der Waals surface area contributed by atoms with Crippen LogP contribution in [0.4, 0.5) is 0 Å². The fraction of sp³-hybridized carbons (Fsp3) is 0.0625. The Balaban J connectivity index is 1.19. The monoisotopic (exact) mass is 681 g/mol. The van der Waals surface area contributed by atoms with Gasteiger partial charge in [-0.3, -0.25) is 0 Å². The van der Waals surface area contributed by atoms with Crippen LogP contribution in [0.1, 0.15) is 24.2 Å². The van der Waals surface area contributed by atoms with E-state index in [9.17, 15) is 0 Å². The molecule has 2 aliphatic rings. The first kappa shape index (κ1) is 29.8. The summed E-state index contributed by atoms with van der Waals surface area (Å²) < 4.78 is 13.0. The molecule has 9 aromatic rings. The van der Waals surface area contributed by atoms with Crippen molar-refractivity contribution in [3.63, 3.8) is 0 Å². The summed E-state index contributed by atoms with van der Waals surface area (Å²) in [4.78, 5) is 15.8. The van der Waals surface area contributed by atoms with Gasteiger partial charge in [-0.15, -0.1) is 0 Å². The summed E-state index contributed by atoms with van der Waals surface area (Å²) in [5.74, 6) is 2.73. The SMILES string of the molecule is CC12C=CC(c3nc(-c4ccccc4)nc(-c4c(-c5ccc6ccc7ccccc7c6c5)ccc5oc6ccccc6c45)n3)=CC1c1ccccc1O2. The molecule has 2 aromatic heterocycles. The normalized spacial score (nSPS) is 17.6. The van der Waals surface area contributed by atoms with Gasteiger partial charge in [0.1, 0.15) is 22.5 Å². The Morgan fingerprint density at radius 3 is 2.19 bits per heavy atom. The topological polar surface area (TPSA) is 61.0 Å². The van der Waals surface area contributed by atoms with Crippen LogP contribution in [0.15, 0.2) is 168 Å². The Labute approximate surface area is 305 Å². The summed E-state index contributed by atoms with van der Waals surface area (Å²) in [6, 6.07) is 50.5. The van der Waals surface area contributed by atoms with Crippen molar-refractivity contribution >= 4 is 49.1 Å². The van der Waals surface area contributed by atoms with E-state index in [0.717, 1.165) is 61.1 Å². The van der Waals surface area contributed by atoms with Crippen molar-refractivity contribution in [2.24, 2.45) is 0 Å². The van der Waals surface area contributed by atoms with Gasteiger partial charge in [-0.1, -0.05) is 127 Å². The predicted molar refractivity (Wildman–Crippen MR) is 214 cm³/mol. The standard InChI is InChI=1S/C48H31N3O2/c1-48-26-25-33(28-39(48)36-15-7-10-18-41(36)53-48)46-49-45(31-12-3-2-4-13-31)50-47(51-46)44-35(23-24-42-43(44)37-16-8-9-17-40(37)52-42)32-22-21-30-20-19-29-11-5-6-14-34(29)38(30)27-32/h2-28,39H,1H3. The van der Waals surface area contributed by atoms with Crippen LogP contribution in [0.3, 0.4) is 0 Å². The lowest BCUT2D eigenvalue weighted by atomic mass is 9.80. The van der Waals surface area contributed by atoms with Gasteiger partial charge >= 0.3 is 0 Å². The Hall–Kier alpha value is -6.85. The largest absolute Gasteiger partial charge is 0.482 e. The maximum Gasteiger partial charge on any atom is 0.165 e. The van der Waals surface area contributed by atoms with Crippen molar-refractivity contribution < 1.29 is 9.15 Å². The quantitative estimate of drug-likeness (QED) is 0.173. The van der Waals surface area contributed by atoms with E-state index in [1.54, 1.807) is 0 Å². The number of furan rings is 1. The maximum absolute atomic E-state index is 6.48. The molecule has 11 rings (SSSR count). The number of fused-ring (bicyclic) bond motifs is 9. The molecule has 2 unspecified atom stereocenters. The molecule has 0 radical (unpaired) electrons. The van der Waals surface area contributed by atoms with Gasteiger partial charge in [-0.25, -0.2) is 15.0 Å². The molecule has 250 valence electrons. The molecular formula is C48H31N3O2. The molecule has 7 aromatic carbocycles. The molecule has 0 bridgehead atoms. The van der Waals surface area contributed by atoms with E-state index >= 15 is 0 Å². The molecule has 2 atom stereocenters. The van der Waals surface area contributed by atoms with Crippen molar-refractivity contribution in [2.45, 2.75) is 18.4 Å². The van der Waals surface area contributed by atoms with Crippen LogP contribution < -0.4 is 4.74 Å². The van der Waals surface area contributed by atoms with E-state index in [-0.39, 0.29) is 5.92 Å². The summed E-state index contributed by atoms with van der Waals surface area (Å²) in [6.07, 6.45) is 6.50. The van der Waals surface area contributed by atoms with Crippen molar-refractivity contribution in [1.82, 2.24) is 15.0 Å². The lowest BCUT2D eigenvalue weighted by molar-refractivity contribution is 0.155. The highest BCUT2D eigenvalue weighted by molar-refractivity contribution is 6.16. The van der Waals surface area contributed by atoms with Gasteiger partial charge in [0.25, 0.3) is 0 Å². The highest BCUT2D eigenvalue weighted by Crippen LogP contribution is 2.50. The lowest BCUT2D eigenvalue weighted by Gasteiger charge is -2.29. The number of rotatable bonds is 4. The van der Waals surface area contributed by atoms with Crippen LogP contribution in [0.25, 0.3) is 83.0 Å². The zero-order valence-corrected chi connectivity index (χ0v) is 28.8. The minimum absolute atomic E-state index is 0.0170. The maximum atomic E-state index is 6.48. The second-order valence-corrected chi connectivity index (χ2v) is 14.1. The molecule has 0 fully saturated rings. The number of aromatic nitrogens is 3. The summed E-state index contributed by atoms with van der Waals surface area (Å²) in [5, 5.41) is 6.82. The summed E-state index contributed by atoms with van der Waals surface area (Å²) in [5.41, 5.74) is 7.13. The van der Waals surface area contributed by atoms with Gasteiger partial charge in [-0.05, 0) is 76.0 Å². The third kappa shape index (κ3) is 4.67. The smallest absolute Gasteiger partial charge is 0.165 e. The number of hydrogen-bond acceptors (Lipinski definition) is 5. The third-order valence-corrected chi connectivity index (χ3v) is 10.9. The number of para-hydroxylation sites is 2. The van der Waals surface area contributed by atoms with Gasteiger partial charge in [0.2, 0.25) is 0 Å². The molecule has 1 aliphatic heterocycles. The molecule has 0 N–H and O–H groups in total. The molecular weight excluding hydrogens is 651 g/mol. The highest BCUT2D eigenvalue weighted by Gasteiger charge is 2.43. The zero-order valence-electron chi connectivity index (χ0n) is 28.8. The van der Waals surface area contributed by atoms with Crippen molar-refractivity contribution in [2.75, 3.05) is 0 Å². The molecule has 0 saturated heterocycles. The molecule has 5 nitrogen and oxygen atoms in total. The van der Waals surface area contributed by atoms with Gasteiger partial charge in [0.05, 0.1) is 0 Å². The highest BCUT2D eigenvalue weighted by atomic mass is 16.5. The zero-order chi connectivity index (χ0) is 35.1. The number of hydrogen-bond donors (Lipinski definition) is 0. The Morgan fingerprint density at radius 2 is 1.28 bits per heavy atom. The fourth-order valence-electron chi connectivity index (χ4n) is 8.26. The second-order valence-electron chi connectivity index (χ2n) is 14.1. The molecule has 3 heterocycles. The van der Waals surface area contributed by atoms with E-state index in [0.29, 0.717) is 17.5 Å². The molecule has 53 heavy (non-hydrogen) atoms. The average molecular weight is 682 g/mol. The Bertz CT molecular complexity index is 3010. The van der Waals surface area contributed by atoms with Crippen LogP contribution in [0.5, 0.6) is 5.75 Å². The van der Waals surface area contributed by atoms with E-state index < -0.39 is 5.60 Å². The number of allylic oxidation sites excluding steroid dienone is 2. The minimum atomic E-state index is -0.486. The fourth-order valence-corrected chi connectivity index (χ4v) is 8.26. The third-order valence-electron chi connectivity index (χ3n) is 10.9. The second kappa shape index (κ2) is 11.3. The van der Waals surface area contributed by atoms with Crippen LogP contribution in [0, 0.1) is 0 Å². The average Bonchev–Trinajstić information content (AvgIpc) is 3.74. The predicted octanol–water partition coefficient (Wildman–Crippen LogP) is 12.0. The van der Waals surface area contributed by atoms with Gasteiger partial charge in [-0.2, -0.15) is 0 Å². The van der Waals surface area contributed by atoms with Crippen molar-refractivity contribution in [3.8, 4) is 39.7 Å². The number of ether oxygens (including phenoxy) is 1. The molecule has 1 aliphatic carbocycles. The molecule has 0 amide bonds.